The van der Waals surface area contributed by atoms with E-state index in [0.29, 0.717) is 19.0 Å². The molecule has 2 aromatic carbocycles. The second kappa shape index (κ2) is 9.26. The molecule has 2 aromatic rings. The zero-order valence-electron chi connectivity index (χ0n) is 15.9. The Hall–Kier alpha value is -3.30. The molecule has 1 N–H and O–H groups in total. The van der Waals surface area contributed by atoms with Crippen LogP contribution >= 0.6 is 0 Å². The summed E-state index contributed by atoms with van der Waals surface area (Å²) in [5.74, 6) is -0.597. The number of hydrogen-bond donors (Lipinski definition) is 1. The van der Waals surface area contributed by atoms with E-state index in [1.165, 1.54) is 18.3 Å². The first-order valence-corrected chi connectivity index (χ1v) is 9.00. The van der Waals surface area contributed by atoms with E-state index >= 15 is 0 Å². The van der Waals surface area contributed by atoms with Crippen LogP contribution in [0.2, 0.25) is 0 Å². The molecule has 0 saturated carbocycles. The van der Waals surface area contributed by atoms with Crippen LogP contribution < -0.4 is 10.2 Å². The maximum absolute atomic E-state index is 11.9. The largest absolute Gasteiger partial charge is 0.489 e. The number of hydrazone groups is 1. The molecule has 1 aliphatic rings. The second-order valence-corrected chi connectivity index (χ2v) is 6.59. The van der Waals surface area contributed by atoms with Crippen molar-refractivity contribution in [2.45, 2.75) is 25.7 Å². The average molecular weight is 399 g/mol. The van der Waals surface area contributed by atoms with E-state index in [1.807, 2.05) is 6.07 Å². The van der Waals surface area contributed by atoms with Gasteiger partial charge in [0.15, 0.2) is 5.79 Å². The summed E-state index contributed by atoms with van der Waals surface area (Å²) in [6.45, 7) is 2.93. The van der Waals surface area contributed by atoms with E-state index in [-0.39, 0.29) is 24.6 Å². The molecule has 0 radical (unpaired) electrons. The molecule has 0 bridgehead atoms. The van der Waals surface area contributed by atoms with E-state index in [1.54, 1.807) is 37.3 Å². The number of benzene rings is 2. The summed E-state index contributed by atoms with van der Waals surface area (Å²) in [5, 5.41) is 14.6. The Balaban J connectivity index is 1.50. The van der Waals surface area contributed by atoms with Gasteiger partial charge in [0.05, 0.1) is 30.8 Å². The summed E-state index contributed by atoms with van der Waals surface area (Å²) in [7, 11) is 0. The fraction of sp³-hybridized carbons (Fsp3) is 0.300. The summed E-state index contributed by atoms with van der Waals surface area (Å²) in [6, 6.07) is 13.4. The van der Waals surface area contributed by atoms with Crippen molar-refractivity contribution < 1.29 is 23.9 Å². The Bertz CT molecular complexity index is 891. The minimum atomic E-state index is -0.898. The third-order valence-corrected chi connectivity index (χ3v) is 4.19. The highest BCUT2D eigenvalue weighted by Crippen LogP contribution is 2.22. The highest BCUT2D eigenvalue weighted by Gasteiger charge is 2.33. The van der Waals surface area contributed by atoms with Crippen molar-refractivity contribution in [2.24, 2.45) is 5.10 Å². The Labute approximate surface area is 167 Å². The van der Waals surface area contributed by atoms with Crippen LogP contribution in [-0.2, 0) is 20.9 Å². The Morgan fingerprint density at radius 1 is 1.28 bits per heavy atom. The number of carbonyl (C=O) groups excluding carboxylic acids is 1. The minimum Gasteiger partial charge on any atom is -0.489 e. The van der Waals surface area contributed by atoms with Gasteiger partial charge in [-0.3, -0.25) is 14.9 Å². The summed E-state index contributed by atoms with van der Waals surface area (Å²) < 4.78 is 16.5. The average Bonchev–Trinajstić information content (AvgIpc) is 3.13. The molecular formula is C20H21N3O6. The molecule has 1 fully saturated rings. The topological polar surface area (TPSA) is 112 Å². The van der Waals surface area contributed by atoms with E-state index in [4.69, 9.17) is 14.2 Å². The summed E-state index contributed by atoms with van der Waals surface area (Å²) >= 11 is 0. The smallest absolute Gasteiger partial charge is 0.269 e. The van der Waals surface area contributed by atoms with Gasteiger partial charge in [0.25, 0.3) is 5.69 Å². The quantitative estimate of drug-likeness (QED) is 0.415. The second-order valence-electron chi connectivity index (χ2n) is 6.59. The number of amides is 1. The molecule has 0 aliphatic carbocycles. The van der Waals surface area contributed by atoms with Gasteiger partial charge in [-0.1, -0.05) is 12.1 Å². The van der Waals surface area contributed by atoms with Crippen molar-refractivity contribution >= 4 is 17.8 Å². The lowest BCUT2D eigenvalue weighted by Crippen LogP contribution is -2.33. The van der Waals surface area contributed by atoms with E-state index in [2.05, 4.69) is 10.5 Å². The molecular weight excluding hydrogens is 378 g/mol. The van der Waals surface area contributed by atoms with Gasteiger partial charge in [-0.25, -0.2) is 5.43 Å². The number of nitro groups is 1. The number of hydrogen-bond acceptors (Lipinski definition) is 7. The van der Waals surface area contributed by atoms with Crippen LogP contribution in [0.25, 0.3) is 0 Å². The highest BCUT2D eigenvalue weighted by molar-refractivity contribution is 5.83. The molecule has 29 heavy (non-hydrogen) atoms. The van der Waals surface area contributed by atoms with Gasteiger partial charge in [-0.2, -0.15) is 5.10 Å². The number of nitrogens with zero attached hydrogens (tertiary/aromatic N) is 2. The molecule has 0 unspecified atom stereocenters. The van der Waals surface area contributed by atoms with Crippen molar-refractivity contribution in [1.29, 1.82) is 0 Å². The van der Waals surface area contributed by atoms with Gasteiger partial charge in [0, 0.05) is 12.1 Å². The number of ether oxygens (including phenoxy) is 3. The fourth-order valence-corrected chi connectivity index (χ4v) is 2.73. The first kappa shape index (κ1) is 20.4. The number of nitro benzene ring substituents is 1. The molecule has 9 heteroatoms. The van der Waals surface area contributed by atoms with Gasteiger partial charge < -0.3 is 14.2 Å². The molecule has 1 heterocycles. The molecule has 152 valence electrons. The van der Waals surface area contributed by atoms with Crippen molar-refractivity contribution in [1.82, 2.24) is 5.43 Å². The minimum absolute atomic E-state index is 0.0362. The Morgan fingerprint density at radius 3 is 2.69 bits per heavy atom. The molecule has 0 spiro atoms. The van der Waals surface area contributed by atoms with Crippen LogP contribution in [0.3, 0.4) is 0 Å². The van der Waals surface area contributed by atoms with Gasteiger partial charge in [-0.05, 0) is 42.3 Å². The predicted octanol–water partition coefficient (Wildman–Crippen LogP) is 2.78. The third-order valence-electron chi connectivity index (χ3n) is 4.19. The monoisotopic (exact) mass is 399 g/mol. The molecule has 0 atom stereocenters. The lowest BCUT2D eigenvalue weighted by Gasteiger charge is -2.20. The Kier molecular flexibility index (Phi) is 6.53. The zero-order chi connectivity index (χ0) is 20.7. The van der Waals surface area contributed by atoms with Gasteiger partial charge in [0.2, 0.25) is 5.91 Å². The molecule has 3 rings (SSSR count). The van der Waals surface area contributed by atoms with E-state index in [9.17, 15) is 14.9 Å². The predicted molar refractivity (Wildman–Crippen MR) is 105 cm³/mol. The fourth-order valence-electron chi connectivity index (χ4n) is 2.73. The number of non-ortho nitro benzene ring substituents is 1. The van der Waals surface area contributed by atoms with Crippen molar-refractivity contribution in [3.8, 4) is 5.75 Å². The standard InChI is InChI=1S/C20H21N3O6/c1-20(28-9-10-29-20)12-19(24)22-21-13-16-3-2-4-18(11-16)27-14-15-5-7-17(8-6-15)23(25)26/h2-8,11,13H,9-10,12,14H2,1H3,(H,22,24)/b21-13-. The molecule has 1 amide bonds. The van der Waals surface area contributed by atoms with Crippen LogP contribution in [0.5, 0.6) is 5.75 Å². The van der Waals surface area contributed by atoms with Crippen LogP contribution in [0.4, 0.5) is 5.69 Å². The maximum Gasteiger partial charge on any atom is 0.269 e. The van der Waals surface area contributed by atoms with E-state index < -0.39 is 10.7 Å². The summed E-state index contributed by atoms with van der Waals surface area (Å²) in [5.41, 5.74) is 4.04. The number of rotatable bonds is 8. The molecule has 9 nitrogen and oxygen atoms in total. The first-order valence-electron chi connectivity index (χ1n) is 9.00. The van der Waals surface area contributed by atoms with Crippen molar-refractivity contribution in [2.75, 3.05) is 13.2 Å². The summed E-state index contributed by atoms with van der Waals surface area (Å²) in [6.07, 6.45) is 1.57. The molecule has 1 aliphatic heterocycles. The number of carbonyl (C=O) groups is 1. The van der Waals surface area contributed by atoms with E-state index in [0.717, 1.165) is 11.1 Å². The van der Waals surface area contributed by atoms with Crippen LogP contribution in [0, 0.1) is 10.1 Å². The zero-order valence-corrected chi connectivity index (χ0v) is 15.9. The molecule has 1 saturated heterocycles. The van der Waals surface area contributed by atoms with Crippen LogP contribution in [0.1, 0.15) is 24.5 Å². The maximum atomic E-state index is 11.9. The van der Waals surface area contributed by atoms with Crippen molar-refractivity contribution in [3.05, 3.63) is 69.8 Å². The summed E-state index contributed by atoms with van der Waals surface area (Å²) in [4.78, 5) is 22.2. The Morgan fingerprint density at radius 2 is 2.00 bits per heavy atom. The lowest BCUT2D eigenvalue weighted by molar-refractivity contribution is -0.384. The first-order chi connectivity index (χ1) is 13.9. The van der Waals surface area contributed by atoms with Gasteiger partial charge in [0.1, 0.15) is 12.4 Å². The third kappa shape index (κ3) is 6.09. The normalized spacial score (nSPS) is 15.3. The number of nitrogens with one attached hydrogen (secondary N) is 1. The highest BCUT2D eigenvalue weighted by atomic mass is 16.7. The van der Waals surface area contributed by atoms with Crippen LogP contribution in [0.15, 0.2) is 53.6 Å². The van der Waals surface area contributed by atoms with Crippen molar-refractivity contribution in [3.63, 3.8) is 0 Å². The SMILES string of the molecule is CC1(CC(=O)N/N=C\c2cccc(OCc3ccc([N+](=O)[O-])cc3)c2)OCCO1. The molecule has 0 aromatic heterocycles. The van der Waals surface area contributed by atoms with Crippen LogP contribution in [-0.4, -0.2) is 36.0 Å². The van der Waals surface area contributed by atoms with Gasteiger partial charge in [-0.15, -0.1) is 0 Å². The lowest BCUT2D eigenvalue weighted by atomic mass is 10.2. The van der Waals surface area contributed by atoms with Gasteiger partial charge >= 0.3 is 0 Å².